The molecule has 0 aliphatic heterocycles. The van der Waals surface area contributed by atoms with E-state index in [9.17, 15) is 13.2 Å². The fraction of sp³-hybridized carbons (Fsp3) is 0.273. The van der Waals surface area contributed by atoms with Crippen LogP contribution in [-0.4, -0.2) is 6.54 Å². The van der Waals surface area contributed by atoms with Gasteiger partial charge in [0.25, 0.3) is 0 Å². The van der Waals surface area contributed by atoms with Gasteiger partial charge in [-0.05, 0) is 11.6 Å². The maximum absolute atomic E-state index is 12.4. The lowest BCUT2D eigenvalue weighted by Gasteiger charge is -2.09. The van der Waals surface area contributed by atoms with Crippen LogP contribution in [0.5, 0.6) is 0 Å². The molecule has 0 aromatic heterocycles. The van der Waals surface area contributed by atoms with Crippen molar-refractivity contribution in [1.29, 1.82) is 0 Å². The van der Waals surface area contributed by atoms with Crippen LogP contribution in [0.1, 0.15) is 11.1 Å². The highest BCUT2D eigenvalue weighted by atomic mass is 35.5. The minimum atomic E-state index is -4.32. The van der Waals surface area contributed by atoms with Crippen molar-refractivity contribution in [3.8, 4) is 0 Å². The van der Waals surface area contributed by atoms with Gasteiger partial charge in [-0.25, -0.2) is 0 Å². The van der Waals surface area contributed by atoms with E-state index < -0.39 is 11.7 Å². The third-order valence-corrected chi connectivity index (χ3v) is 2.61. The maximum Gasteiger partial charge on any atom is 0.416 e. The van der Waals surface area contributed by atoms with Crippen LogP contribution < -0.4 is 5.32 Å². The van der Waals surface area contributed by atoms with Gasteiger partial charge < -0.3 is 5.32 Å². The Balaban J connectivity index is 2.61. The number of halogens is 5. The van der Waals surface area contributed by atoms with Crippen LogP contribution >= 0.6 is 23.2 Å². The number of rotatable bonds is 4. The second-order valence-corrected chi connectivity index (χ2v) is 4.06. The Kier molecular flexibility index (Phi) is 5.31. The lowest BCUT2D eigenvalue weighted by molar-refractivity contribution is -0.137. The van der Waals surface area contributed by atoms with Gasteiger partial charge in [-0.1, -0.05) is 41.4 Å². The highest BCUT2D eigenvalue weighted by Crippen LogP contribution is 2.29. The molecule has 94 valence electrons. The van der Waals surface area contributed by atoms with Gasteiger partial charge in [0.15, 0.2) is 0 Å². The van der Waals surface area contributed by atoms with Crippen molar-refractivity contribution in [2.75, 3.05) is 6.54 Å². The van der Waals surface area contributed by atoms with Crippen molar-refractivity contribution in [3.63, 3.8) is 0 Å². The molecule has 0 radical (unpaired) electrons. The molecule has 0 saturated heterocycles. The zero-order chi connectivity index (χ0) is 12.9. The third-order valence-electron chi connectivity index (χ3n) is 2.00. The SMILES string of the molecule is FC(F)(F)c1cccc(CNCC(Cl)=CCl)c1. The first-order valence-corrected chi connectivity index (χ1v) is 5.56. The van der Waals surface area contributed by atoms with E-state index in [1.165, 1.54) is 11.6 Å². The first-order chi connectivity index (χ1) is 7.93. The summed E-state index contributed by atoms with van der Waals surface area (Å²) in [7, 11) is 0. The van der Waals surface area contributed by atoms with Crippen molar-refractivity contribution in [2.45, 2.75) is 12.7 Å². The lowest BCUT2D eigenvalue weighted by Crippen LogP contribution is -2.15. The van der Waals surface area contributed by atoms with Crippen LogP contribution in [0.25, 0.3) is 0 Å². The van der Waals surface area contributed by atoms with Crippen LogP contribution in [0, 0.1) is 0 Å². The molecule has 1 N–H and O–H groups in total. The largest absolute Gasteiger partial charge is 0.416 e. The van der Waals surface area contributed by atoms with Gasteiger partial charge >= 0.3 is 6.18 Å². The first kappa shape index (κ1) is 14.4. The van der Waals surface area contributed by atoms with Gasteiger partial charge in [0.2, 0.25) is 0 Å². The molecule has 0 amide bonds. The van der Waals surface area contributed by atoms with E-state index >= 15 is 0 Å². The monoisotopic (exact) mass is 283 g/mol. The molecule has 1 aromatic carbocycles. The number of hydrogen-bond donors (Lipinski definition) is 1. The minimum Gasteiger partial charge on any atom is -0.308 e. The summed E-state index contributed by atoms with van der Waals surface area (Å²) in [6, 6.07) is 5.12. The summed E-state index contributed by atoms with van der Waals surface area (Å²) >= 11 is 11.0. The number of hydrogen-bond acceptors (Lipinski definition) is 1. The predicted molar refractivity (Wildman–Crippen MR) is 62.9 cm³/mol. The molecule has 1 rings (SSSR count). The highest BCUT2D eigenvalue weighted by molar-refractivity contribution is 6.36. The van der Waals surface area contributed by atoms with Crippen molar-refractivity contribution >= 4 is 23.2 Å². The van der Waals surface area contributed by atoms with Crippen LogP contribution in [-0.2, 0) is 12.7 Å². The molecule has 0 saturated carbocycles. The number of alkyl halides is 3. The van der Waals surface area contributed by atoms with Crippen molar-refractivity contribution in [1.82, 2.24) is 5.32 Å². The molecule has 0 bridgehead atoms. The topological polar surface area (TPSA) is 12.0 Å². The van der Waals surface area contributed by atoms with E-state index in [-0.39, 0.29) is 0 Å². The van der Waals surface area contributed by atoms with Crippen LogP contribution in [0.4, 0.5) is 13.2 Å². The molecule has 0 fully saturated rings. The second kappa shape index (κ2) is 6.28. The molecule has 0 spiro atoms. The molecular weight excluding hydrogens is 274 g/mol. The van der Waals surface area contributed by atoms with Gasteiger partial charge in [-0.15, -0.1) is 0 Å². The first-order valence-electron chi connectivity index (χ1n) is 4.75. The molecule has 0 aliphatic carbocycles. The highest BCUT2D eigenvalue weighted by Gasteiger charge is 2.30. The molecule has 0 unspecified atom stereocenters. The van der Waals surface area contributed by atoms with E-state index in [2.05, 4.69) is 5.32 Å². The maximum atomic E-state index is 12.4. The standard InChI is InChI=1S/C11H10Cl2F3N/c12-5-10(13)7-17-6-8-2-1-3-9(4-8)11(14,15)16/h1-5,17H,6-7H2. The van der Waals surface area contributed by atoms with Crippen molar-refractivity contribution < 1.29 is 13.2 Å². The molecular formula is C11H10Cl2F3N. The Morgan fingerprint density at radius 2 is 2.06 bits per heavy atom. The lowest BCUT2D eigenvalue weighted by atomic mass is 10.1. The zero-order valence-electron chi connectivity index (χ0n) is 8.69. The second-order valence-electron chi connectivity index (χ2n) is 3.36. The Labute approximate surface area is 107 Å². The van der Waals surface area contributed by atoms with Crippen LogP contribution in [0.15, 0.2) is 34.8 Å². The van der Waals surface area contributed by atoms with Gasteiger partial charge in [-0.2, -0.15) is 13.2 Å². The summed E-state index contributed by atoms with van der Waals surface area (Å²) in [5, 5.41) is 3.28. The van der Waals surface area contributed by atoms with E-state index in [0.29, 0.717) is 23.7 Å². The summed E-state index contributed by atoms with van der Waals surface area (Å²) in [6.07, 6.45) is -4.32. The van der Waals surface area contributed by atoms with E-state index in [1.54, 1.807) is 6.07 Å². The summed E-state index contributed by atoms with van der Waals surface area (Å²) in [5.41, 5.74) is 1.09. The summed E-state index contributed by atoms with van der Waals surface area (Å²) in [5.74, 6) is 0. The van der Waals surface area contributed by atoms with Gasteiger partial charge in [-0.3, -0.25) is 0 Å². The third kappa shape index (κ3) is 4.98. The molecule has 0 heterocycles. The van der Waals surface area contributed by atoms with Gasteiger partial charge in [0, 0.05) is 23.7 Å². The fourth-order valence-corrected chi connectivity index (χ4v) is 1.39. The van der Waals surface area contributed by atoms with Crippen LogP contribution in [0.2, 0.25) is 0 Å². The zero-order valence-corrected chi connectivity index (χ0v) is 10.2. The van der Waals surface area contributed by atoms with Crippen LogP contribution in [0.3, 0.4) is 0 Å². The number of benzene rings is 1. The average molecular weight is 284 g/mol. The van der Waals surface area contributed by atoms with E-state index in [0.717, 1.165) is 12.1 Å². The molecule has 17 heavy (non-hydrogen) atoms. The minimum absolute atomic E-state index is 0.296. The fourth-order valence-electron chi connectivity index (χ4n) is 1.22. The van der Waals surface area contributed by atoms with E-state index in [4.69, 9.17) is 23.2 Å². The van der Waals surface area contributed by atoms with Gasteiger partial charge in [0.1, 0.15) is 0 Å². The number of nitrogens with one attached hydrogen (secondary N) is 1. The molecule has 0 aliphatic rings. The summed E-state index contributed by atoms with van der Waals surface area (Å²) in [6.45, 7) is 0.617. The van der Waals surface area contributed by atoms with Crippen molar-refractivity contribution in [3.05, 3.63) is 46.0 Å². The predicted octanol–water partition coefficient (Wildman–Crippen LogP) is 4.11. The summed E-state index contributed by atoms with van der Waals surface area (Å²) in [4.78, 5) is 0. The van der Waals surface area contributed by atoms with Gasteiger partial charge in [0.05, 0.1) is 5.56 Å². The Morgan fingerprint density at radius 3 is 2.65 bits per heavy atom. The molecule has 1 aromatic rings. The van der Waals surface area contributed by atoms with Crippen molar-refractivity contribution in [2.24, 2.45) is 0 Å². The quantitative estimate of drug-likeness (QED) is 0.877. The molecule has 1 nitrogen and oxygen atoms in total. The smallest absolute Gasteiger partial charge is 0.308 e. The summed E-state index contributed by atoms with van der Waals surface area (Å²) < 4.78 is 37.2. The molecule has 6 heteroatoms. The van der Waals surface area contributed by atoms with E-state index in [1.807, 2.05) is 0 Å². The Hall–Kier alpha value is -0.710. The average Bonchev–Trinajstić information content (AvgIpc) is 2.28. The Bertz CT molecular complexity index is 402. The normalized spacial score (nSPS) is 12.9. The molecule has 0 atom stereocenters. The Morgan fingerprint density at radius 1 is 1.35 bits per heavy atom.